The van der Waals surface area contributed by atoms with E-state index in [0.717, 1.165) is 25.3 Å². The maximum atomic E-state index is 6.22. The van der Waals surface area contributed by atoms with Crippen LogP contribution in [-0.4, -0.2) is 35.1 Å². The molecule has 1 saturated heterocycles. The van der Waals surface area contributed by atoms with Crippen LogP contribution >= 0.6 is 23.2 Å². The average Bonchev–Trinajstić information content (AvgIpc) is 2.43. The van der Waals surface area contributed by atoms with Crippen LogP contribution in [-0.2, 0) is 6.54 Å². The minimum absolute atomic E-state index is 0.454. The summed E-state index contributed by atoms with van der Waals surface area (Å²) in [4.78, 5) is 6.77. The lowest BCUT2D eigenvalue weighted by Crippen LogP contribution is -2.45. The van der Waals surface area contributed by atoms with E-state index in [9.17, 15) is 0 Å². The Morgan fingerprint density at radius 1 is 1.35 bits per heavy atom. The van der Waals surface area contributed by atoms with Crippen molar-refractivity contribution in [3.63, 3.8) is 0 Å². The molecule has 0 radical (unpaired) electrons. The molecular formula is C15H23Cl2N3. The molecule has 3 nitrogen and oxygen atoms in total. The van der Waals surface area contributed by atoms with Crippen LogP contribution in [0.5, 0.6) is 0 Å². The SMILES string of the molecule is CC(C)N(Cc1nc(Cl)ccc1Cl)CC1CCCCN1. The van der Waals surface area contributed by atoms with Gasteiger partial charge in [-0.15, -0.1) is 0 Å². The third kappa shape index (κ3) is 4.59. The van der Waals surface area contributed by atoms with Crippen molar-refractivity contribution in [1.82, 2.24) is 15.2 Å². The maximum Gasteiger partial charge on any atom is 0.129 e. The van der Waals surface area contributed by atoms with E-state index in [4.69, 9.17) is 23.2 Å². The first-order chi connectivity index (χ1) is 9.56. The Labute approximate surface area is 131 Å². The van der Waals surface area contributed by atoms with E-state index in [1.54, 1.807) is 6.07 Å². The monoisotopic (exact) mass is 315 g/mol. The van der Waals surface area contributed by atoms with Crippen molar-refractivity contribution in [2.24, 2.45) is 0 Å². The van der Waals surface area contributed by atoms with Crippen molar-refractivity contribution >= 4 is 23.2 Å². The van der Waals surface area contributed by atoms with Gasteiger partial charge in [-0.1, -0.05) is 29.6 Å². The molecule has 0 aromatic carbocycles. The van der Waals surface area contributed by atoms with E-state index in [-0.39, 0.29) is 0 Å². The highest BCUT2D eigenvalue weighted by molar-refractivity contribution is 6.32. The summed E-state index contributed by atoms with van der Waals surface area (Å²) in [5.41, 5.74) is 0.865. The summed E-state index contributed by atoms with van der Waals surface area (Å²) in [6.45, 7) is 7.33. The number of nitrogens with one attached hydrogen (secondary N) is 1. The molecule has 1 aromatic heterocycles. The van der Waals surface area contributed by atoms with E-state index >= 15 is 0 Å². The second-order valence-corrected chi connectivity index (χ2v) is 6.53. The van der Waals surface area contributed by atoms with Crippen LogP contribution in [0.4, 0.5) is 0 Å². The smallest absolute Gasteiger partial charge is 0.129 e. The van der Waals surface area contributed by atoms with Crippen LogP contribution in [0.2, 0.25) is 10.2 Å². The van der Waals surface area contributed by atoms with Gasteiger partial charge in [0.25, 0.3) is 0 Å². The van der Waals surface area contributed by atoms with Gasteiger partial charge < -0.3 is 5.32 Å². The highest BCUT2D eigenvalue weighted by Crippen LogP contribution is 2.20. The Balaban J connectivity index is 2.02. The van der Waals surface area contributed by atoms with E-state index in [1.165, 1.54) is 19.3 Å². The number of rotatable bonds is 5. The molecule has 1 aliphatic heterocycles. The average molecular weight is 316 g/mol. The normalized spacial score (nSPS) is 19.8. The van der Waals surface area contributed by atoms with Crippen molar-refractivity contribution in [3.05, 3.63) is 28.0 Å². The van der Waals surface area contributed by atoms with Crippen LogP contribution in [0.15, 0.2) is 12.1 Å². The Kier molecular flexibility index (Phi) is 6.09. The molecule has 1 atom stereocenters. The number of hydrogen-bond donors (Lipinski definition) is 1. The zero-order chi connectivity index (χ0) is 14.5. The predicted molar refractivity (Wildman–Crippen MR) is 85.4 cm³/mol. The molecule has 1 aliphatic rings. The summed E-state index contributed by atoms with van der Waals surface area (Å²) in [5.74, 6) is 0. The van der Waals surface area contributed by atoms with E-state index < -0.39 is 0 Å². The van der Waals surface area contributed by atoms with Crippen LogP contribution in [0.1, 0.15) is 38.8 Å². The van der Waals surface area contributed by atoms with Gasteiger partial charge in [-0.25, -0.2) is 4.98 Å². The van der Waals surface area contributed by atoms with Crippen molar-refractivity contribution < 1.29 is 0 Å². The zero-order valence-corrected chi connectivity index (χ0v) is 13.7. The third-order valence-corrected chi connectivity index (χ3v) is 4.39. The van der Waals surface area contributed by atoms with Gasteiger partial charge in [0.1, 0.15) is 5.15 Å². The molecule has 112 valence electrons. The number of halogens is 2. The molecule has 20 heavy (non-hydrogen) atoms. The van der Waals surface area contributed by atoms with Gasteiger partial charge >= 0.3 is 0 Å². The van der Waals surface area contributed by atoms with Crippen LogP contribution in [0, 0.1) is 0 Å². The highest BCUT2D eigenvalue weighted by Gasteiger charge is 2.20. The van der Waals surface area contributed by atoms with Gasteiger partial charge in [0.15, 0.2) is 0 Å². The molecule has 1 N–H and O–H groups in total. The van der Waals surface area contributed by atoms with Crippen molar-refractivity contribution in [2.45, 2.75) is 51.7 Å². The maximum absolute atomic E-state index is 6.22. The molecular weight excluding hydrogens is 293 g/mol. The molecule has 0 aliphatic carbocycles. The topological polar surface area (TPSA) is 28.2 Å². The molecule has 1 aromatic rings. The van der Waals surface area contributed by atoms with Gasteiger partial charge in [0, 0.05) is 25.2 Å². The number of piperidine rings is 1. The Morgan fingerprint density at radius 2 is 2.15 bits per heavy atom. The number of nitrogens with zero attached hydrogens (tertiary/aromatic N) is 2. The Morgan fingerprint density at radius 3 is 2.80 bits per heavy atom. The molecule has 0 saturated carbocycles. The van der Waals surface area contributed by atoms with Gasteiger partial charge in [-0.05, 0) is 45.4 Å². The van der Waals surface area contributed by atoms with Gasteiger partial charge in [0.05, 0.1) is 10.7 Å². The summed E-state index contributed by atoms with van der Waals surface area (Å²) >= 11 is 12.2. The minimum atomic E-state index is 0.454. The van der Waals surface area contributed by atoms with Gasteiger partial charge in [-0.3, -0.25) is 4.90 Å². The second kappa shape index (κ2) is 7.60. The number of hydrogen-bond acceptors (Lipinski definition) is 3. The standard InChI is InChI=1S/C15H23Cl2N3/c1-11(2)20(9-12-5-3-4-8-18-12)10-14-13(16)6-7-15(17)19-14/h6-7,11-12,18H,3-5,8-10H2,1-2H3. The van der Waals surface area contributed by atoms with Gasteiger partial charge in [0.2, 0.25) is 0 Å². The molecule has 2 rings (SSSR count). The quantitative estimate of drug-likeness (QED) is 0.839. The number of pyridine rings is 1. The molecule has 1 unspecified atom stereocenters. The second-order valence-electron chi connectivity index (χ2n) is 5.73. The fourth-order valence-corrected chi connectivity index (χ4v) is 2.91. The Hall–Kier alpha value is -0.350. The summed E-state index contributed by atoms with van der Waals surface area (Å²) < 4.78 is 0. The summed E-state index contributed by atoms with van der Waals surface area (Å²) in [5, 5.41) is 4.79. The van der Waals surface area contributed by atoms with Crippen LogP contribution < -0.4 is 5.32 Å². The Bertz CT molecular complexity index is 431. The van der Waals surface area contributed by atoms with Crippen molar-refractivity contribution in [2.75, 3.05) is 13.1 Å². The molecule has 2 heterocycles. The van der Waals surface area contributed by atoms with E-state index in [0.29, 0.717) is 22.3 Å². The summed E-state index contributed by atoms with van der Waals surface area (Å²) in [6, 6.07) is 4.58. The fourth-order valence-electron chi connectivity index (χ4n) is 2.58. The van der Waals surface area contributed by atoms with Crippen molar-refractivity contribution in [1.29, 1.82) is 0 Å². The van der Waals surface area contributed by atoms with Gasteiger partial charge in [-0.2, -0.15) is 0 Å². The predicted octanol–water partition coefficient (Wildman–Crippen LogP) is 3.74. The fraction of sp³-hybridized carbons (Fsp3) is 0.667. The molecule has 1 fully saturated rings. The lowest BCUT2D eigenvalue weighted by molar-refractivity contribution is 0.175. The largest absolute Gasteiger partial charge is 0.313 e. The first-order valence-electron chi connectivity index (χ1n) is 7.34. The molecule has 5 heteroatoms. The molecule has 0 bridgehead atoms. The first-order valence-corrected chi connectivity index (χ1v) is 8.10. The van der Waals surface area contributed by atoms with E-state index in [2.05, 4.69) is 29.0 Å². The zero-order valence-electron chi connectivity index (χ0n) is 12.2. The third-order valence-electron chi connectivity index (χ3n) is 3.84. The van der Waals surface area contributed by atoms with Crippen LogP contribution in [0.3, 0.4) is 0 Å². The summed E-state index contributed by atoms with van der Waals surface area (Å²) in [6.07, 6.45) is 3.86. The van der Waals surface area contributed by atoms with E-state index in [1.807, 2.05) is 6.07 Å². The molecule has 0 amide bonds. The summed E-state index contributed by atoms with van der Waals surface area (Å²) in [7, 11) is 0. The lowest BCUT2D eigenvalue weighted by Gasteiger charge is -2.33. The lowest BCUT2D eigenvalue weighted by atomic mass is 10.0. The van der Waals surface area contributed by atoms with Crippen LogP contribution in [0.25, 0.3) is 0 Å². The highest BCUT2D eigenvalue weighted by atomic mass is 35.5. The molecule has 0 spiro atoms. The first kappa shape index (κ1) is 16.0. The van der Waals surface area contributed by atoms with Crippen molar-refractivity contribution in [3.8, 4) is 0 Å². The minimum Gasteiger partial charge on any atom is -0.313 e. The number of aromatic nitrogens is 1.